The first-order valence-electron chi connectivity index (χ1n) is 6.40. The predicted molar refractivity (Wildman–Crippen MR) is 83.3 cm³/mol. The second-order valence-electron chi connectivity index (χ2n) is 4.47. The van der Waals surface area contributed by atoms with E-state index in [1.165, 1.54) is 17.4 Å². The average molecular weight is 338 g/mol. The van der Waals surface area contributed by atoms with Crippen LogP contribution < -0.4 is 4.74 Å². The van der Waals surface area contributed by atoms with E-state index in [0.29, 0.717) is 22.0 Å². The molecule has 0 spiro atoms. The van der Waals surface area contributed by atoms with E-state index in [1.807, 2.05) is 12.1 Å². The highest BCUT2D eigenvalue weighted by Gasteiger charge is 2.09. The SMILES string of the molecule is Fc1ccc(-c2csc(COc3ccccc3Cl)n2)cc1F. The van der Waals surface area contributed by atoms with Crippen LogP contribution in [0.5, 0.6) is 5.75 Å². The standard InChI is InChI=1S/C16H10ClF2NOS/c17-11-3-1-2-4-15(11)21-8-16-20-14(9-22-16)10-5-6-12(18)13(19)7-10/h1-7,9H,8H2. The summed E-state index contributed by atoms with van der Waals surface area (Å²) in [6.07, 6.45) is 0. The normalized spacial score (nSPS) is 10.7. The van der Waals surface area contributed by atoms with E-state index in [1.54, 1.807) is 17.5 Å². The van der Waals surface area contributed by atoms with Gasteiger partial charge in [-0.3, -0.25) is 0 Å². The number of ether oxygens (including phenoxy) is 1. The van der Waals surface area contributed by atoms with Crippen LogP contribution in [0.15, 0.2) is 47.8 Å². The Morgan fingerprint density at radius 1 is 1.09 bits per heavy atom. The number of halogens is 3. The van der Waals surface area contributed by atoms with Gasteiger partial charge < -0.3 is 4.74 Å². The Morgan fingerprint density at radius 3 is 2.68 bits per heavy atom. The molecule has 0 unspecified atom stereocenters. The van der Waals surface area contributed by atoms with Gasteiger partial charge in [-0.05, 0) is 30.3 Å². The molecule has 0 saturated carbocycles. The van der Waals surface area contributed by atoms with Gasteiger partial charge in [-0.25, -0.2) is 13.8 Å². The summed E-state index contributed by atoms with van der Waals surface area (Å²) in [5.41, 5.74) is 1.11. The zero-order valence-electron chi connectivity index (χ0n) is 11.2. The summed E-state index contributed by atoms with van der Waals surface area (Å²) in [6.45, 7) is 0.262. The first kappa shape index (κ1) is 14.9. The topological polar surface area (TPSA) is 22.1 Å². The molecule has 1 heterocycles. The second-order valence-corrected chi connectivity index (χ2v) is 5.82. The monoisotopic (exact) mass is 337 g/mol. The van der Waals surface area contributed by atoms with E-state index >= 15 is 0 Å². The van der Waals surface area contributed by atoms with Crippen molar-refractivity contribution in [1.82, 2.24) is 4.98 Å². The van der Waals surface area contributed by atoms with E-state index in [0.717, 1.165) is 17.1 Å². The van der Waals surface area contributed by atoms with Gasteiger partial charge in [0.15, 0.2) is 11.6 Å². The summed E-state index contributed by atoms with van der Waals surface area (Å²) >= 11 is 7.39. The van der Waals surface area contributed by atoms with E-state index in [-0.39, 0.29) is 6.61 Å². The average Bonchev–Trinajstić information content (AvgIpc) is 2.98. The fraction of sp³-hybridized carbons (Fsp3) is 0.0625. The Bertz CT molecular complexity index is 806. The highest BCUT2D eigenvalue weighted by molar-refractivity contribution is 7.09. The Labute approximate surface area is 135 Å². The number of nitrogens with zero attached hydrogens (tertiary/aromatic N) is 1. The molecule has 0 aliphatic heterocycles. The molecule has 1 aromatic heterocycles. The lowest BCUT2D eigenvalue weighted by molar-refractivity contribution is 0.306. The minimum atomic E-state index is -0.889. The molecule has 0 N–H and O–H groups in total. The Hall–Kier alpha value is -1.98. The van der Waals surface area contributed by atoms with Crippen molar-refractivity contribution in [2.75, 3.05) is 0 Å². The van der Waals surface area contributed by atoms with Crippen LogP contribution in [0.25, 0.3) is 11.3 Å². The van der Waals surface area contributed by atoms with Crippen molar-refractivity contribution in [3.8, 4) is 17.0 Å². The van der Waals surface area contributed by atoms with Crippen molar-refractivity contribution >= 4 is 22.9 Å². The molecule has 0 saturated heterocycles. The van der Waals surface area contributed by atoms with Crippen LogP contribution in [0.4, 0.5) is 8.78 Å². The van der Waals surface area contributed by atoms with Gasteiger partial charge in [0.25, 0.3) is 0 Å². The molecule has 0 bridgehead atoms. The van der Waals surface area contributed by atoms with Crippen molar-refractivity contribution in [3.05, 3.63) is 69.5 Å². The summed E-state index contributed by atoms with van der Waals surface area (Å²) in [5, 5.41) is 3.03. The van der Waals surface area contributed by atoms with Gasteiger partial charge in [0, 0.05) is 10.9 Å². The fourth-order valence-corrected chi connectivity index (χ4v) is 2.77. The van der Waals surface area contributed by atoms with Crippen LogP contribution in [0.1, 0.15) is 5.01 Å². The highest BCUT2D eigenvalue weighted by atomic mass is 35.5. The Balaban J connectivity index is 1.74. The molecule has 0 fully saturated rings. The minimum Gasteiger partial charge on any atom is -0.485 e. The van der Waals surface area contributed by atoms with Gasteiger partial charge in [-0.15, -0.1) is 11.3 Å². The quantitative estimate of drug-likeness (QED) is 0.642. The summed E-state index contributed by atoms with van der Waals surface area (Å²) in [6, 6.07) is 10.9. The molecule has 22 heavy (non-hydrogen) atoms. The number of rotatable bonds is 4. The lowest BCUT2D eigenvalue weighted by Crippen LogP contribution is -1.95. The highest BCUT2D eigenvalue weighted by Crippen LogP contribution is 2.27. The zero-order chi connectivity index (χ0) is 15.5. The third kappa shape index (κ3) is 3.26. The fourth-order valence-electron chi connectivity index (χ4n) is 1.87. The van der Waals surface area contributed by atoms with Gasteiger partial charge >= 0.3 is 0 Å². The molecule has 0 atom stereocenters. The largest absolute Gasteiger partial charge is 0.485 e. The molecular formula is C16H10ClF2NOS. The van der Waals surface area contributed by atoms with Crippen LogP contribution in [0, 0.1) is 11.6 Å². The summed E-state index contributed by atoms with van der Waals surface area (Å²) in [7, 11) is 0. The number of para-hydroxylation sites is 1. The van der Waals surface area contributed by atoms with Gasteiger partial charge in [0.1, 0.15) is 17.4 Å². The van der Waals surface area contributed by atoms with Crippen molar-refractivity contribution in [3.63, 3.8) is 0 Å². The van der Waals surface area contributed by atoms with E-state index < -0.39 is 11.6 Å². The summed E-state index contributed by atoms with van der Waals surface area (Å²) < 4.78 is 31.8. The number of hydrogen-bond donors (Lipinski definition) is 0. The van der Waals surface area contributed by atoms with Crippen LogP contribution >= 0.6 is 22.9 Å². The number of aromatic nitrogens is 1. The van der Waals surface area contributed by atoms with Crippen LogP contribution in [-0.4, -0.2) is 4.98 Å². The molecule has 0 radical (unpaired) electrons. The first-order valence-corrected chi connectivity index (χ1v) is 7.66. The van der Waals surface area contributed by atoms with Crippen molar-refractivity contribution in [1.29, 1.82) is 0 Å². The van der Waals surface area contributed by atoms with E-state index in [2.05, 4.69) is 4.98 Å². The first-order chi connectivity index (χ1) is 10.6. The van der Waals surface area contributed by atoms with Crippen molar-refractivity contribution in [2.24, 2.45) is 0 Å². The molecule has 0 aliphatic carbocycles. The molecule has 0 aliphatic rings. The number of hydrogen-bond acceptors (Lipinski definition) is 3. The third-order valence-electron chi connectivity index (χ3n) is 2.95. The van der Waals surface area contributed by atoms with E-state index in [9.17, 15) is 8.78 Å². The van der Waals surface area contributed by atoms with Gasteiger partial charge in [-0.2, -0.15) is 0 Å². The molecule has 0 amide bonds. The molecule has 112 valence electrons. The Kier molecular flexibility index (Phi) is 4.36. The summed E-state index contributed by atoms with van der Waals surface area (Å²) in [4.78, 5) is 4.36. The number of benzene rings is 2. The van der Waals surface area contributed by atoms with E-state index in [4.69, 9.17) is 16.3 Å². The molecule has 3 aromatic rings. The van der Waals surface area contributed by atoms with Gasteiger partial charge in [-0.1, -0.05) is 23.7 Å². The van der Waals surface area contributed by atoms with Crippen molar-refractivity contribution < 1.29 is 13.5 Å². The second kappa shape index (κ2) is 6.42. The third-order valence-corrected chi connectivity index (χ3v) is 4.09. The minimum absolute atomic E-state index is 0.262. The van der Waals surface area contributed by atoms with Crippen LogP contribution in [0.2, 0.25) is 5.02 Å². The number of thiazole rings is 1. The van der Waals surface area contributed by atoms with Gasteiger partial charge in [0.2, 0.25) is 0 Å². The molecule has 2 nitrogen and oxygen atoms in total. The van der Waals surface area contributed by atoms with Gasteiger partial charge in [0.05, 0.1) is 10.7 Å². The summed E-state index contributed by atoms with van der Waals surface area (Å²) in [5.74, 6) is -1.19. The molecule has 3 rings (SSSR count). The van der Waals surface area contributed by atoms with Crippen molar-refractivity contribution in [2.45, 2.75) is 6.61 Å². The molecular weight excluding hydrogens is 328 g/mol. The van der Waals surface area contributed by atoms with Crippen LogP contribution in [-0.2, 0) is 6.61 Å². The smallest absolute Gasteiger partial charge is 0.159 e. The van der Waals surface area contributed by atoms with Crippen LogP contribution in [0.3, 0.4) is 0 Å². The lowest BCUT2D eigenvalue weighted by atomic mass is 10.2. The molecule has 2 aromatic carbocycles. The zero-order valence-corrected chi connectivity index (χ0v) is 12.8. The molecule has 6 heteroatoms. The maximum absolute atomic E-state index is 13.2. The lowest BCUT2D eigenvalue weighted by Gasteiger charge is -2.05. The Morgan fingerprint density at radius 2 is 1.91 bits per heavy atom. The maximum atomic E-state index is 13.2. The maximum Gasteiger partial charge on any atom is 0.159 e. The predicted octanol–water partition coefficient (Wildman–Crippen LogP) is 5.32.